The predicted molar refractivity (Wildman–Crippen MR) is 82.8 cm³/mol. The standard InChI is InChI=1S/C14H17ClFNO2S/c1-8(2)4-13(18)17-12-5-9(6-14(20)19-3)10(15)7-11(12)16/h5,7-8H,4,6H2,1-3H3,(H,17,18). The van der Waals surface area contributed by atoms with E-state index in [0.717, 1.165) is 0 Å². The van der Waals surface area contributed by atoms with Crippen LogP contribution in [0.3, 0.4) is 0 Å². The molecule has 0 atom stereocenters. The van der Waals surface area contributed by atoms with Crippen molar-refractivity contribution in [3.63, 3.8) is 0 Å². The van der Waals surface area contributed by atoms with Crippen LogP contribution in [0, 0.1) is 11.7 Å². The summed E-state index contributed by atoms with van der Waals surface area (Å²) in [6, 6.07) is 2.65. The van der Waals surface area contributed by atoms with Gasteiger partial charge in [0.15, 0.2) is 5.05 Å². The number of amides is 1. The molecule has 0 heterocycles. The second-order valence-corrected chi connectivity index (χ2v) is 5.69. The fourth-order valence-electron chi connectivity index (χ4n) is 1.62. The predicted octanol–water partition coefficient (Wildman–Crippen LogP) is 3.98. The van der Waals surface area contributed by atoms with Crippen LogP contribution in [0.2, 0.25) is 5.02 Å². The molecular weight excluding hydrogens is 301 g/mol. The van der Waals surface area contributed by atoms with Gasteiger partial charge in [-0.3, -0.25) is 4.79 Å². The largest absolute Gasteiger partial charge is 0.490 e. The molecule has 6 heteroatoms. The van der Waals surface area contributed by atoms with Gasteiger partial charge in [-0.15, -0.1) is 0 Å². The first-order valence-electron chi connectivity index (χ1n) is 6.18. The molecule has 0 saturated carbocycles. The monoisotopic (exact) mass is 317 g/mol. The van der Waals surface area contributed by atoms with E-state index in [1.165, 1.54) is 19.2 Å². The highest BCUT2D eigenvalue weighted by Gasteiger charge is 2.13. The van der Waals surface area contributed by atoms with Crippen molar-refractivity contribution < 1.29 is 13.9 Å². The van der Waals surface area contributed by atoms with Gasteiger partial charge in [-0.1, -0.05) is 25.4 Å². The molecule has 0 aromatic heterocycles. The normalized spacial score (nSPS) is 10.5. The molecule has 3 nitrogen and oxygen atoms in total. The minimum atomic E-state index is -0.570. The Hall–Kier alpha value is -1.20. The number of methoxy groups -OCH3 is 1. The highest BCUT2D eigenvalue weighted by molar-refractivity contribution is 7.80. The molecule has 0 radical (unpaired) electrons. The Balaban J connectivity index is 2.93. The Morgan fingerprint density at radius 3 is 2.70 bits per heavy atom. The molecule has 0 spiro atoms. The highest BCUT2D eigenvalue weighted by Crippen LogP contribution is 2.25. The molecular formula is C14H17ClFNO2S. The lowest BCUT2D eigenvalue weighted by Crippen LogP contribution is -2.15. The van der Waals surface area contributed by atoms with Crippen LogP contribution in [0.5, 0.6) is 0 Å². The fourth-order valence-corrected chi connectivity index (χ4v) is 2.00. The summed E-state index contributed by atoms with van der Waals surface area (Å²) in [7, 11) is 1.46. The smallest absolute Gasteiger partial charge is 0.224 e. The average molecular weight is 318 g/mol. The highest BCUT2D eigenvalue weighted by atomic mass is 35.5. The molecule has 1 amide bonds. The number of carbonyl (C=O) groups is 1. The zero-order chi connectivity index (χ0) is 15.3. The first-order chi connectivity index (χ1) is 9.33. The third-order valence-electron chi connectivity index (χ3n) is 2.57. The topological polar surface area (TPSA) is 38.3 Å². The lowest BCUT2D eigenvalue weighted by atomic mass is 10.1. The maximum Gasteiger partial charge on any atom is 0.224 e. The molecule has 1 N–H and O–H groups in total. The number of thiocarbonyl (C=S) groups is 1. The molecule has 1 aromatic rings. The van der Waals surface area contributed by atoms with Gasteiger partial charge in [0.1, 0.15) is 5.82 Å². The van der Waals surface area contributed by atoms with E-state index in [0.29, 0.717) is 17.0 Å². The van der Waals surface area contributed by atoms with E-state index in [1.54, 1.807) is 0 Å². The van der Waals surface area contributed by atoms with Crippen LogP contribution >= 0.6 is 23.8 Å². The van der Waals surface area contributed by atoms with E-state index < -0.39 is 5.82 Å². The number of carbonyl (C=O) groups excluding carboxylic acids is 1. The Morgan fingerprint density at radius 1 is 1.50 bits per heavy atom. The molecule has 0 unspecified atom stereocenters. The van der Waals surface area contributed by atoms with Gasteiger partial charge in [0.25, 0.3) is 0 Å². The zero-order valence-electron chi connectivity index (χ0n) is 11.6. The van der Waals surface area contributed by atoms with Gasteiger partial charge in [-0.25, -0.2) is 4.39 Å². The molecule has 1 aromatic carbocycles. The van der Waals surface area contributed by atoms with Crippen LogP contribution < -0.4 is 5.32 Å². The molecule has 0 bridgehead atoms. The Bertz CT molecular complexity index is 520. The third-order valence-corrected chi connectivity index (χ3v) is 3.23. The summed E-state index contributed by atoms with van der Waals surface area (Å²) in [5.74, 6) is -0.605. The molecule has 20 heavy (non-hydrogen) atoms. The SMILES string of the molecule is COC(=S)Cc1cc(NC(=O)CC(C)C)c(F)cc1Cl. The molecule has 1 rings (SSSR count). The van der Waals surface area contributed by atoms with Gasteiger partial charge in [0.05, 0.1) is 12.8 Å². The van der Waals surface area contributed by atoms with Crippen molar-refractivity contribution in [1.29, 1.82) is 0 Å². The maximum absolute atomic E-state index is 13.8. The number of halogens is 2. The van der Waals surface area contributed by atoms with E-state index in [9.17, 15) is 9.18 Å². The van der Waals surface area contributed by atoms with E-state index in [2.05, 4.69) is 5.32 Å². The van der Waals surface area contributed by atoms with Gasteiger partial charge >= 0.3 is 0 Å². The van der Waals surface area contributed by atoms with Crippen molar-refractivity contribution in [3.8, 4) is 0 Å². The van der Waals surface area contributed by atoms with Crippen LogP contribution in [0.25, 0.3) is 0 Å². The molecule has 0 saturated heterocycles. The summed E-state index contributed by atoms with van der Waals surface area (Å²) < 4.78 is 18.7. The number of hydrogen-bond donors (Lipinski definition) is 1. The summed E-state index contributed by atoms with van der Waals surface area (Å²) in [4.78, 5) is 11.7. The number of hydrogen-bond acceptors (Lipinski definition) is 3. The van der Waals surface area contributed by atoms with Gasteiger partial charge in [-0.2, -0.15) is 0 Å². The minimum absolute atomic E-state index is 0.106. The lowest BCUT2D eigenvalue weighted by Gasteiger charge is -2.11. The van der Waals surface area contributed by atoms with Crippen molar-refractivity contribution in [2.45, 2.75) is 26.7 Å². The Labute approximate surface area is 128 Å². The summed E-state index contributed by atoms with van der Waals surface area (Å²) in [5.41, 5.74) is 0.716. The molecule has 0 aliphatic carbocycles. The quantitative estimate of drug-likeness (QED) is 0.835. The first kappa shape index (κ1) is 16.9. The van der Waals surface area contributed by atoms with Crippen LogP contribution in [0.15, 0.2) is 12.1 Å². The van der Waals surface area contributed by atoms with Gasteiger partial charge in [-0.05, 0) is 35.8 Å². The van der Waals surface area contributed by atoms with E-state index >= 15 is 0 Å². The number of benzene rings is 1. The van der Waals surface area contributed by atoms with Crippen LogP contribution in [-0.2, 0) is 16.0 Å². The summed E-state index contributed by atoms with van der Waals surface area (Å²) in [5, 5.41) is 3.14. The number of nitrogens with one attached hydrogen (secondary N) is 1. The fraction of sp³-hybridized carbons (Fsp3) is 0.429. The van der Waals surface area contributed by atoms with Crippen molar-refractivity contribution in [3.05, 3.63) is 28.5 Å². The molecule has 110 valence electrons. The van der Waals surface area contributed by atoms with Crippen molar-refractivity contribution in [1.82, 2.24) is 0 Å². The van der Waals surface area contributed by atoms with E-state index in [-0.39, 0.29) is 29.0 Å². The third kappa shape index (κ3) is 5.06. The average Bonchev–Trinajstić information content (AvgIpc) is 2.33. The van der Waals surface area contributed by atoms with Gasteiger partial charge in [0, 0.05) is 17.9 Å². The van der Waals surface area contributed by atoms with Crippen molar-refractivity contribution in [2.75, 3.05) is 12.4 Å². The second-order valence-electron chi connectivity index (χ2n) is 4.82. The second kappa shape index (κ2) is 7.55. The van der Waals surface area contributed by atoms with Crippen molar-refractivity contribution >= 4 is 40.5 Å². The minimum Gasteiger partial charge on any atom is -0.490 e. The zero-order valence-corrected chi connectivity index (χ0v) is 13.2. The van der Waals surface area contributed by atoms with Crippen LogP contribution in [0.4, 0.5) is 10.1 Å². The number of ether oxygens (including phenoxy) is 1. The maximum atomic E-state index is 13.8. The Kier molecular flexibility index (Phi) is 6.36. The van der Waals surface area contributed by atoms with Crippen molar-refractivity contribution in [2.24, 2.45) is 5.92 Å². The van der Waals surface area contributed by atoms with Gasteiger partial charge < -0.3 is 10.1 Å². The molecule has 0 aliphatic heterocycles. The summed E-state index contributed by atoms with van der Waals surface area (Å²) in [6.45, 7) is 3.83. The van der Waals surface area contributed by atoms with Crippen LogP contribution in [-0.4, -0.2) is 18.1 Å². The first-order valence-corrected chi connectivity index (χ1v) is 6.96. The summed E-state index contributed by atoms with van der Waals surface area (Å²) in [6.07, 6.45) is 0.617. The van der Waals surface area contributed by atoms with Crippen LogP contribution in [0.1, 0.15) is 25.8 Å². The molecule has 0 aliphatic rings. The van der Waals surface area contributed by atoms with Gasteiger partial charge in [0.2, 0.25) is 5.91 Å². The van der Waals surface area contributed by atoms with E-state index in [4.69, 9.17) is 28.6 Å². The molecule has 0 fully saturated rings. The number of rotatable bonds is 5. The summed E-state index contributed by atoms with van der Waals surface area (Å²) >= 11 is 10.9. The van der Waals surface area contributed by atoms with E-state index in [1.807, 2.05) is 13.8 Å². The lowest BCUT2D eigenvalue weighted by molar-refractivity contribution is -0.116. The Morgan fingerprint density at radius 2 is 2.15 bits per heavy atom. The number of anilines is 1.